The van der Waals surface area contributed by atoms with E-state index in [0.29, 0.717) is 23.7 Å². The SMILES string of the molecule is Cl.Cl.N[C@@H]1CCC[C@H]1CC(=O)Nc1cc(Cl)ccc1NCc1ccccc1. The molecule has 7 heteroatoms. The van der Waals surface area contributed by atoms with Gasteiger partial charge < -0.3 is 16.4 Å². The molecule has 0 bridgehead atoms. The Morgan fingerprint density at radius 2 is 1.81 bits per heavy atom. The molecule has 3 rings (SSSR count). The van der Waals surface area contributed by atoms with E-state index >= 15 is 0 Å². The lowest BCUT2D eigenvalue weighted by atomic mass is 10.00. The summed E-state index contributed by atoms with van der Waals surface area (Å²) in [5.74, 6) is 0.271. The summed E-state index contributed by atoms with van der Waals surface area (Å²) in [7, 11) is 0. The third-order valence-electron chi connectivity index (χ3n) is 4.75. The van der Waals surface area contributed by atoms with Crippen LogP contribution in [0.1, 0.15) is 31.2 Å². The van der Waals surface area contributed by atoms with Gasteiger partial charge in [-0.05, 0) is 42.5 Å². The fourth-order valence-corrected chi connectivity index (χ4v) is 3.50. The number of rotatable bonds is 6. The highest BCUT2D eigenvalue weighted by molar-refractivity contribution is 6.31. The molecule has 2 aromatic rings. The van der Waals surface area contributed by atoms with Gasteiger partial charge in [-0.3, -0.25) is 4.79 Å². The lowest BCUT2D eigenvalue weighted by Crippen LogP contribution is -2.28. The number of carbonyl (C=O) groups excluding carboxylic acids is 1. The maximum atomic E-state index is 12.4. The van der Waals surface area contributed by atoms with E-state index in [1.54, 1.807) is 6.07 Å². The zero-order valence-corrected chi connectivity index (χ0v) is 17.4. The van der Waals surface area contributed by atoms with Crippen LogP contribution in [-0.2, 0) is 11.3 Å². The van der Waals surface area contributed by atoms with Crippen molar-refractivity contribution < 1.29 is 4.79 Å². The summed E-state index contributed by atoms with van der Waals surface area (Å²) in [6.07, 6.45) is 3.62. The van der Waals surface area contributed by atoms with Gasteiger partial charge in [-0.25, -0.2) is 0 Å². The van der Waals surface area contributed by atoms with Crippen molar-refractivity contribution in [3.8, 4) is 0 Å². The first-order valence-corrected chi connectivity index (χ1v) is 9.12. The summed E-state index contributed by atoms with van der Waals surface area (Å²) in [5.41, 5.74) is 8.81. The summed E-state index contributed by atoms with van der Waals surface area (Å²) in [6, 6.07) is 15.7. The average Bonchev–Trinajstić information content (AvgIpc) is 3.00. The van der Waals surface area contributed by atoms with E-state index in [1.165, 1.54) is 5.56 Å². The highest BCUT2D eigenvalue weighted by Gasteiger charge is 2.26. The number of carbonyl (C=O) groups is 1. The van der Waals surface area contributed by atoms with Crippen molar-refractivity contribution in [1.82, 2.24) is 0 Å². The molecule has 1 saturated carbocycles. The molecule has 1 amide bonds. The van der Waals surface area contributed by atoms with Crippen LogP contribution in [0.2, 0.25) is 5.02 Å². The van der Waals surface area contributed by atoms with E-state index in [1.807, 2.05) is 30.3 Å². The van der Waals surface area contributed by atoms with Gasteiger partial charge in [0, 0.05) is 24.0 Å². The second kappa shape index (κ2) is 11.4. The number of hydrogen-bond donors (Lipinski definition) is 3. The highest BCUT2D eigenvalue weighted by Crippen LogP contribution is 2.29. The Morgan fingerprint density at radius 3 is 2.48 bits per heavy atom. The average molecular weight is 431 g/mol. The predicted molar refractivity (Wildman–Crippen MR) is 118 cm³/mol. The van der Waals surface area contributed by atoms with Crippen molar-refractivity contribution in [3.63, 3.8) is 0 Å². The summed E-state index contributed by atoms with van der Waals surface area (Å²) in [5, 5.41) is 6.96. The fraction of sp³-hybridized carbons (Fsp3) is 0.350. The molecule has 0 heterocycles. The van der Waals surface area contributed by atoms with Crippen molar-refractivity contribution in [2.45, 2.75) is 38.3 Å². The molecule has 148 valence electrons. The standard InChI is InChI=1S/C20H24ClN3O.2ClH/c21-16-9-10-18(23-13-14-5-2-1-3-6-14)19(12-16)24-20(25)11-15-7-4-8-17(15)22;;/h1-3,5-6,9-10,12,15,17,23H,4,7-8,11,13,22H2,(H,24,25);2*1H/t15-,17+;;/m0../s1. The molecular weight excluding hydrogens is 405 g/mol. The minimum Gasteiger partial charge on any atom is -0.379 e. The van der Waals surface area contributed by atoms with Gasteiger partial charge in [-0.15, -0.1) is 24.8 Å². The first-order chi connectivity index (χ1) is 12.1. The third-order valence-corrected chi connectivity index (χ3v) is 4.98. The number of nitrogens with one attached hydrogen (secondary N) is 2. The summed E-state index contributed by atoms with van der Waals surface area (Å²) in [4.78, 5) is 12.4. The zero-order chi connectivity index (χ0) is 17.6. The number of nitrogens with two attached hydrogens (primary N) is 1. The first-order valence-electron chi connectivity index (χ1n) is 8.74. The smallest absolute Gasteiger partial charge is 0.224 e. The maximum Gasteiger partial charge on any atom is 0.224 e. The van der Waals surface area contributed by atoms with Crippen LogP contribution in [0.5, 0.6) is 0 Å². The van der Waals surface area contributed by atoms with Crippen LogP contribution >= 0.6 is 36.4 Å². The number of anilines is 2. The maximum absolute atomic E-state index is 12.4. The second-order valence-electron chi connectivity index (χ2n) is 6.64. The first kappa shape index (κ1) is 23.6. The topological polar surface area (TPSA) is 67.2 Å². The monoisotopic (exact) mass is 429 g/mol. The Kier molecular flexibility index (Phi) is 9.95. The molecule has 0 unspecified atom stereocenters. The highest BCUT2D eigenvalue weighted by atomic mass is 35.5. The number of hydrogen-bond acceptors (Lipinski definition) is 3. The van der Waals surface area contributed by atoms with Crippen molar-refractivity contribution in [2.24, 2.45) is 11.7 Å². The lowest BCUT2D eigenvalue weighted by Gasteiger charge is -2.17. The molecule has 2 aromatic carbocycles. The van der Waals surface area contributed by atoms with Crippen LogP contribution in [0.3, 0.4) is 0 Å². The molecule has 0 saturated heterocycles. The van der Waals surface area contributed by atoms with Gasteiger partial charge >= 0.3 is 0 Å². The Hall–Kier alpha value is -1.46. The molecule has 1 fully saturated rings. The molecule has 4 nitrogen and oxygen atoms in total. The molecule has 0 spiro atoms. The van der Waals surface area contributed by atoms with Crippen LogP contribution < -0.4 is 16.4 Å². The van der Waals surface area contributed by atoms with Gasteiger partial charge in [0.15, 0.2) is 0 Å². The Balaban J connectivity index is 0.00000182. The van der Waals surface area contributed by atoms with E-state index in [2.05, 4.69) is 22.8 Å². The van der Waals surface area contributed by atoms with Gasteiger partial charge in [-0.1, -0.05) is 48.4 Å². The zero-order valence-electron chi connectivity index (χ0n) is 15.0. The van der Waals surface area contributed by atoms with Gasteiger partial charge in [0.1, 0.15) is 0 Å². The summed E-state index contributed by atoms with van der Waals surface area (Å²) in [6.45, 7) is 0.679. The van der Waals surface area contributed by atoms with Gasteiger partial charge in [0.2, 0.25) is 5.91 Å². The summed E-state index contributed by atoms with van der Waals surface area (Å²) < 4.78 is 0. The fourth-order valence-electron chi connectivity index (χ4n) is 3.33. The van der Waals surface area contributed by atoms with Crippen LogP contribution in [0, 0.1) is 5.92 Å². The normalized spacial score (nSPS) is 18.1. The molecule has 0 aliphatic heterocycles. The second-order valence-corrected chi connectivity index (χ2v) is 7.07. The quantitative estimate of drug-likeness (QED) is 0.586. The molecule has 0 radical (unpaired) electrons. The molecule has 27 heavy (non-hydrogen) atoms. The van der Waals surface area contributed by atoms with Crippen LogP contribution in [0.4, 0.5) is 11.4 Å². The van der Waals surface area contributed by atoms with E-state index in [9.17, 15) is 4.79 Å². The van der Waals surface area contributed by atoms with E-state index in [-0.39, 0.29) is 42.7 Å². The minimum atomic E-state index is -0.00706. The van der Waals surface area contributed by atoms with Crippen LogP contribution in [0.25, 0.3) is 0 Å². The molecule has 1 aliphatic carbocycles. The van der Waals surface area contributed by atoms with E-state index < -0.39 is 0 Å². The lowest BCUT2D eigenvalue weighted by molar-refractivity contribution is -0.117. The molecule has 1 aliphatic rings. The summed E-state index contributed by atoms with van der Waals surface area (Å²) >= 11 is 6.11. The minimum absolute atomic E-state index is 0. The van der Waals surface area contributed by atoms with Gasteiger partial charge in [0.25, 0.3) is 0 Å². The third kappa shape index (κ3) is 6.89. The van der Waals surface area contributed by atoms with E-state index in [4.69, 9.17) is 17.3 Å². The molecular formula is C20H26Cl3N3O. The van der Waals surface area contributed by atoms with Crippen molar-refractivity contribution in [2.75, 3.05) is 10.6 Å². The van der Waals surface area contributed by atoms with Crippen LogP contribution in [0.15, 0.2) is 48.5 Å². The van der Waals surface area contributed by atoms with Crippen LogP contribution in [-0.4, -0.2) is 11.9 Å². The molecule has 0 aromatic heterocycles. The predicted octanol–water partition coefficient (Wildman–Crippen LogP) is 5.25. The largest absolute Gasteiger partial charge is 0.379 e. The van der Waals surface area contributed by atoms with Crippen molar-refractivity contribution in [3.05, 3.63) is 59.1 Å². The van der Waals surface area contributed by atoms with Gasteiger partial charge in [-0.2, -0.15) is 0 Å². The molecule has 2 atom stereocenters. The van der Waals surface area contributed by atoms with Crippen molar-refractivity contribution in [1.29, 1.82) is 0 Å². The number of benzene rings is 2. The Labute approximate surface area is 178 Å². The van der Waals surface area contributed by atoms with E-state index in [0.717, 1.165) is 24.9 Å². The number of halogens is 3. The van der Waals surface area contributed by atoms with Crippen molar-refractivity contribution >= 4 is 53.7 Å². The number of amides is 1. The van der Waals surface area contributed by atoms with Gasteiger partial charge in [0.05, 0.1) is 11.4 Å². The Morgan fingerprint density at radius 1 is 1.07 bits per heavy atom. The molecule has 4 N–H and O–H groups in total. The Bertz CT molecular complexity index is 728.